The molecule has 4 nitrogen and oxygen atoms in total. The standard InChI is InChI=1S/C32H12BF24.C13H13N2O2/c34-25(35,36)13-1-14(26(37,38)39)6-21(5-13)33(22-7-15(27(40,41)42)2-16(8-22)28(43,44)45,23-9-17(29(46,47)48)3-18(10-23)30(49,50)51)24-11-19(31(52,53)54)4-20(12-24)32(55,56)57;16-10-12-8-15(7-6-14-12)9-13(17)11-4-2-1-3-5-11/h1-12H;1-8,16H,9-10H2/q-1;+1. The van der Waals surface area contributed by atoms with E-state index < -0.39 is 195 Å². The number of hydrogen-bond acceptors (Lipinski definition) is 3. The first-order chi connectivity index (χ1) is 33.6. The number of rotatable bonds is 8. The molecule has 0 saturated carbocycles. The van der Waals surface area contributed by atoms with Crippen LogP contribution in [0.25, 0.3) is 0 Å². The number of ketones is 1. The van der Waals surface area contributed by atoms with E-state index in [9.17, 15) is 110 Å². The van der Waals surface area contributed by atoms with E-state index in [2.05, 4.69) is 4.98 Å². The Balaban J connectivity index is 0.000000500. The van der Waals surface area contributed by atoms with Gasteiger partial charge in [0.05, 0.1) is 57.3 Å². The summed E-state index contributed by atoms with van der Waals surface area (Å²) in [5.74, 6) is 0.0330. The van der Waals surface area contributed by atoms with Crippen LogP contribution in [0.3, 0.4) is 0 Å². The molecule has 398 valence electrons. The third-order valence-corrected chi connectivity index (χ3v) is 10.8. The van der Waals surface area contributed by atoms with E-state index in [1.807, 2.05) is 18.2 Å². The second-order valence-electron chi connectivity index (χ2n) is 15.9. The molecule has 1 aromatic heterocycles. The highest BCUT2D eigenvalue weighted by Gasteiger charge is 2.47. The van der Waals surface area contributed by atoms with E-state index in [1.165, 1.54) is 0 Å². The van der Waals surface area contributed by atoms with E-state index in [1.54, 1.807) is 35.3 Å². The highest BCUT2D eigenvalue weighted by atomic mass is 19.4. The Morgan fingerprint density at radius 1 is 0.419 bits per heavy atom. The highest BCUT2D eigenvalue weighted by molar-refractivity contribution is 7.20. The molecule has 6 rings (SSSR count). The zero-order valence-corrected chi connectivity index (χ0v) is 35.9. The summed E-state index contributed by atoms with van der Waals surface area (Å²) in [6.07, 6.45) is -49.9. The molecule has 1 N–H and O–H groups in total. The molecule has 0 bridgehead atoms. The van der Waals surface area contributed by atoms with Gasteiger partial charge in [-0.2, -0.15) is 132 Å². The summed E-state index contributed by atoms with van der Waals surface area (Å²) in [4.78, 5) is 15.9. The fraction of sp³-hybridized carbons (Fsp3) is 0.222. The predicted molar refractivity (Wildman–Crippen MR) is 211 cm³/mol. The maximum atomic E-state index is 14.2. The highest BCUT2D eigenvalue weighted by Crippen LogP contribution is 2.41. The normalized spacial score (nSPS) is 13.4. The number of alkyl halides is 24. The van der Waals surface area contributed by atoms with Crippen molar-refractivity contribution >= 4 is 33.8 Å². The van der Waals surface area contributed by atoms with Crippen molar-refractivity contribution in [3.63, 3.8) is 0 Å². The Hall–Kier alpha value is -6.81. The van der Waals surface area contributed by atoms with E-state index >= 15 is 0 Å². The summed E-state index contributed by atoms with van der Waals surface area (Å²) < 4.78 is 343. The third kappa shape index (κ3) is 13.5. The molecule has 0 saturated heterocycles. The molecule has 0 fully saturated rings. The molecule has 0 aliphatic heterocycles. The van der Waals surface area contributed by atoms with Crippen molar-refractivity contribution in [2.75, 3.05) is 0 Å². The zero-order valence-electron chi connectivity index (χ0n) is 35.9. The van der Waals surface area contributed by atoms with Crippen LogP contribution >= 0.6 is 0 Å². The van der Waals surface area contributed by atoms with Crippen molar-refractivity contribution < 1.29 is 120 Å². The number of aliphatic hydroxyl groups excluding tert-OH is 1. The van der Waals surface area contributed by atoms with Gasteiger partial charge in [0.2, 0.25) is 12.3 Å². The summed E-state index contributed by atoms with van der Waals surface area (Å²) in [5.41, 5.74) is -29.0. The van der Waals surface area contributed by atoms with Crippen molar-refractivity contribution in [2.24, 2.45) is 0 Å². The molecule has 0 aliphatic carbocycles. The predicted octanol–water partition coefficient (Wildman–Crippen LogP) is 12.0. The Morgan fingerprint density at radius 3 is 0.905 bits per heavy atom. The minimum Gasteiger partial charge on any atom is -0.390 e. The molecular formula is C45H25BF24N2O2. The van der Waals surface area contributed by atoms with Crippen LogP contribution in [0.5, 0.6) is 0 Å². The molecule has 0 atom stereocenters. The average molecular weight is 1090 g/mol. The van der Waals surface area contributed by atoms with Gasteiger partial charge in [0.15, 0.2) is 12.4 Å². The summed E-state index contributed by atoms with van der Waals surface area (Å²) in [6, 6.07) is 0.316. The van der Waals surface area contributed by atoms with Gasteiger partial charge >= 0.3 is 49.4 Å². The molecule has 0 radical (unpaired) electrons. The quantitative estimate of drug-likeness (QED) is 0.0715. The minimum absolute atomic E-state index is 0.0330. The number of aromatic nitrogens is 2. The van der Waals surface area contributed by atoms with Crippen molar-refractivity contribution in [1.29, 1.82) is 0 Å². The van der Waals surface area contributed by atoms with Gasteiger partial charge in [-0.1, -0.05) is 78.9 Å². The molecule has 0 unspecified atom stereocenters. The number of carbonyl (C=O) groups is 1. The Labute approximate surface area is 398 Å². The van der Waals surface area contributed by atoms with Crippen molar-refractivity contribution in [3.8, 4) is 0 Å². The van der Waals surface area contributed by atoms with Crippen molar-refractivity contribution in [3.05, 3.63) is 177 Å². The topological polar surface area (TPSA) is 54.1 Å². The van der Waals surface area contributed by atoms with Gasteiger partial charge in [0, 0.05) is 5.56 Å². The van der Waals surface area contributed by atoms with Crippen LogP contribution in [0.4, 0.5) is 105 Å². The molecule has 74 heavy (non-hydrogen) atoms. The molecule has 6 aromatic rings. The molecule has 0 amide bonds. The van der Waals surface area contributed by atoms with Gasteiger partial charge < -0.3 is 5.11 Å². The van der Waals surface area contributed by atoms with Gasteiger partial charge in [-0.25, -0.2) is 4.98 Å². The SMILES string of the molecule is FC(F)(F)c1cc([B-](c2cc(C(F)(F)F)cc(C(F)(F)F)c2)(c2cc(C(F)(F)F)cc(C(F)(F)F)c2)c2cc(C(F)(F)F)cc(C(F)(F)F)c2)cc(C(F)(F)F)c1.O=C(C[n+]1ccnc(CO)c1)c1ccccc1. The molecule has 5 aromatic carbocycles. The van der Waals surface area contributed by atoms with Crippen LogP contribution in [0, 0.1) is 0 Å². The molecule has 1 heterocycles. The maximum absolute atomic E-state index is 14.2. The largest absolute Gasteiger partial charge is 0.416 e. The van der Waals surface area contributed by atoms with Gasteiger partial charge in [0.1, 0.15) is 11.8 Å². The maximum Gasteiger partial charge on any atom is 0.416 e. The number of aliphatic hydroxyl groups is 1. The Bertz CT molecular complexity index is 2550. The molecule has 0 spiro atoms. The van der Waals surface area contributed by atoms with Gasteiger partial charge in [-0.3, -0.25) is 4.79 Å². The number of hydrogen-bond donors (Lipinski definition) is 1. The monoisotopic (exact) mass is 1090 g/mol. The lowest BCUT2D eigenvalue weighted by Crippen LogP contribution is -2.75. The first-order valence-corrected chi connectivity index (χ1v) is 19.9. The van der Waals surface area contributed by atoms with E-state index in [4.69, 9.17) is 5.11 Å². The zero-order chi connectivity index (χ0) is 56.0. The van der Waals surface area contributed by atoms with Crippen LogP contribution < -0.4 is 26.4 Å². The van der Waals surface area contributed by atoms with Gasteiger partial charge in [0.25, 0.3) is 0 Å². The van der Waals surface area contributed by atoms with Crippen LogP contribution in [0.1, 0.15) is 60.6 Å². The van der Waals surface area contributed by atoms with Crippen LogP contribution in [0.15, 0.2) is 122 Å². The number of carbonyl (C=O) groups excluding carboxylic acids is 1. The van der Waals surface area contributed by atoms with Crippen LogP contribution in [0.2, 0.25) is 0 Å². The number of halogens is 24. The third-order valence-electron chi connectivity index (χ3n) is 10.8. The van der Waals surface area contributed by atoms with E-state index in [-0.39, 0.29) is 18.9 Å². The summed E-state index contributed by atoms with van der Waals surface area (Å²) in [6.45, 7) is 0.125. The lowest BCUT2D eigenvalue weighted by molar-refractivity contribution is -0.684. The second-order valence-corrected chi connectivity index (χ2v) is 15.9. The molecule has 0 aliphatic rings. The summed E-state index contributed by atoms with van der Waals surface area (Å²) >= 11 is 0. The van der Waals surface area contributed by atoms with Gasteiger partial charge in [-0.15, -0.1) is 0 Å². The first-order valence-electron chi connectivity index (χ1n) is 19.9. The average Bonchev–Trinajstić information content (AvgIpc) is 3.27. The lowest BCUT2D eigenvalue weighted by atomic mass is 9.12. The first kappa shape index (κ1) is 58.1. The fourth-order valence-corrected chi connectivity index (χ4v) is 7.61. The number of Topliss-reactive ketones (excluding diaryl/α,β-unsaturated/α-hetero) is 1. The van der Waals surface area contributed by atoms with Crippen molar-refractivity contribution in [2.45, 2.75) is 62.6 Å². The molecule has 29 heteroatoms. The van der Waals surface area contributed by atoms with E-state index in [0.29, 0.717) is 11.3 Å². The Kier molecular flexibility index (Phi) is 15.8. The van der Waals surface area contributed by atoms with Crippen LogP contribution in [-0.4, -0.2) is 22.0 Å². The number of nitrogens with zero attached hydrogens (tertiary/aromatic N) is 2. The minimum atomic E-state index is -6.13. The Morgan fingerprint density at radius 2 is 0.676 bits per heavy atom. The fourth-order valence-electron chi connectivity index (χ4n) is 7.61. The van der Waals surface area contributed by atoms with Crippen LogP contribution in [-0.2, 0) is 62.6 Å². The summed E-state index contributed by atoms with van der Waals surface area (Å²) in [7, 11) is 0. The smallest absolute Gasteiger partial charge is 0.390 e. The van der Waals surface area contributed by atoms with Gasteiger partial charge in [-0.05, 0) is 24.3 Å². The van der Waals surface area contributed by atoms with E-state index in [0.717, 1.165) is 0 Å². The molecular weight excluding hydrogens is 1070 g/mol. The number of benzene rings is 5. The van der Waals surface area contributed by atoms with Crippen molar-refractivity contribution in [1.82, 2.24) is 4.98 Å². The summed E-state index contributed by atoms with van der Waals surface area (Å²) in [5, 5.41) is 8.95. The second kappa shape index (κ2) is 20.1. The lowest BCUT2D eigenvalue weighted by Gasteiger charge is -2.46.